The second-order valence-corrected chi connectivity index (χ2v) is 3.27. The first kappa shape index (κ1) is 10.4. The highest BCUT2D eigenvalue weighted by molar-refractivity contribution is 5.97. The Kier molecular flexibility index (Phi) is 3.02. The number of benzene rings is 1. The van der Waals surface area contributed by atoms with Crippen molar-refractivity contribution >= 4 is 17.4 Å². The molecule has 3 heteroatoms. The van der Waals surface area contributed by atoms with Crippen molar-refractivity contribution in [1.82, 2.24) is 0 Å². The summed E-state index contributed by atoms with van der Waals surface area (Å²) in [5.74, 6) is -0.127. The maximum Gasteiger partial charge on any atom is 0.221 e. The van der Waals surface area contributed by atoms with Crippen molar-refractivity contribution in [2.24, 2.45) is 0 Å². The van der Waals surface area contributed by atoms with Gasteiger partial charge in [-0.25, -0.2) is 0 Å². The van der Waals surface area contributed by atoms with E-state index < -0.39 is 0 Å². The highest BCUT2D eigenvalue weighted by Gasteiger charge is 2.05. The van der Waals surface area contributed by atoms with Gasteiger partial charge in [-0.2, -0.15) is 0 Å². The van der Waals surface area contributed by atoms with Gasteiger partial charge in [0.05, 0.1) is 0 Å². The maximum atomic E-state index is 11.2. The molecule has 0 saturated carbocycles. The summed E-state index contributed by atoms with van der Waals surface area (Å²) < 4.78 is 0. The number of nitrogens with one attached hydrogen (secondary N) is 1. The Hall–Kier alpha value is -1.64. The fourth-order valence-electron chi connectivity index (χ4n) is 1.28. The molecule has 0 aliphatic carbocycles. The summed E-state index contributed by atoms with van der Waals surface area (Å²) in [5.41, 5.74) is 2.23. The van der Waals surface area contributed by atoms with Crippen molar-refractivity contribution in [2.75, 3.05) is 5.32 Å². The van der Waals surface area contributed by atoms with Crippen LogP contribution in [0.2, 0.25) is 0 Å². The van der Waals surface area contributed by atoms with Crippen LogP contribution in [0, 0.1) is 6.92 Å². The number of hydrogen-bond donors (Lipinski definition) is 1. The van der Waals surface area contributed by atoms with Gasteiger partial charge in [0.1, 0.15) is 0 Å². The largest absolute Gasteiger partial charge is 0.326 e. The van der Waals surface area contributed by atoms with E-state index >= 15 is 0 Å². The lowest BCUT2D eigenvalue weighted by molar-refractivity contribution is -0.114. The molecule has 0 fully saturated rings. The van der Waals surface area contributed by atoms with E-state index in [-0.39, 0.29) is 11.7 Å². The third-order valence-corrected chi connectivity index (χ3v) is 1.94. The van der Waals surface area contributed by atoms with Crippen LogP contribution >= 0.6 is 0 Å². The van der Waals surface area contributed by atoms with Crippen molar-refractivity contribution in [3.05, 3.63) is 29.3 Å². The highest BCUT2D eigenvalue weighted by Crippen LogP contribution is 2.15. The lowest BCUT2D eigenvalue weighted by Crippen LogP contribution is -2.07. The van der Waals surface area contributed by atoms with E-state index in [0.29, 0.717) is 11.3 Å². The minimum Gasteiger partial charge on any atom is -0.326 e. The summed E-state index contributed by atoms with van der Waals surface area (Å²) in [6.45, 7) is 4.82. The first-order valence-corrected chi connectivity index (χ1v) is 4.40. The molecular weight excluding hydrogens is 178 g/mol. The van der Waals surface area contributed by atoms with E-state index in [0.717, 1.165) is 5.56 Å². The van der Waals surface area contributed by atoms with Gasteiger partial charge in [0.15, 0.2) is 5.78 Å². The molecule has 0 unspecified atom stereocenters. The average molecular weight is 191 g/mol. The van der Waals surface area contributed by atoms with E-state index in [1.54, 1.807) is 12.1 Å². The molecule has 0 bridgehead atoms. The van der Waals surface area contributed by atoms with Crippen LogP contribution in [0.25, 0.3) is 0 Å². The monoisotopic (exact) mass is 191 g/mol. The van der Waals surface area contributed by atoms with E-state index in [1.807, 2.05) is 13.0 Å². The van der Waals surface area contributed by atoms with Gasteiger partial charge in [0.25, 0.3) is 0 Å². The molecule has 1 N–H and O–H groups in total. The molecule has 3 nitrogen and oxygen atoms in total. The van der Waals surface area contributed by atoms with E-state index in [1.165, 1.54) is 13.8 Å². The Balaban J connectivity index is 3.06. The normalized spacial score (nSPS) is 9.64. The van der Waals surface area contributed by atoms with Crippen LogP contribution in [0.15, 0.2) is 18.2 Å². The minimum atomic E-state index is -0.136. The van der Waals surface area contributed by atoms with Crippen molar-refractivity contribution in [1.29, 1.82) is 0 Å². The number of Topliss-reactive ketones (excluding diaryl/α,β-unsaturated/α-hetero) is 1. The zero-order valence-electron chi connectivity index (χ0n) is 8.55. The second-order valence-electron chi connectivity index (χ2n) is 3.27. The van der Waals surface area contributed by atoms with Crippen LogP contribution in [-0.4, -0.2) is 11.7 Å². The quantitative estimate of drug-likeness (QED) is 0.728. The van der Waals surface area contributed by atoms with Crippen LogP contribution < -0.4 is 5.32 Å². The Labute approximate surface area is 83.1 Å². The van der Waals surface area contributed by atoms with E-state index in [2.05, 4.69) is 5.32 Å². The van der Waals surface area contributed by atoms with Gasteiger partial charge in [0.2, 0.25) is 5.91 Å². The molecule has 0 aliphatic rings. The molecule has 0 spiro atoms. The number of aryl methyl sites for hydroxylation is 1. The molecule has 74 valence electrons. The number of anilines is 1. The van der Waals surface area contributed by atoms with Crippen molar-refractivity contribution in [3.63, 3.8) is 0 Å². The Morgan fingerprint density at radius 2 is 1.86 bits per heavy atom. The molecule has 1 rings (SSSR count). The third kappa shape index (κ3) is 2.42. The lowest BCUT2D eigenvalue weighted by Gasteiger charge is -2.06. The van der Waals surface area contributed by atoms with Gasteiger partial charge >= 0.3 is 0 Å². The van der Waals surface area contributed by atoms with Crippen LogP contribution in [0.3, 0.4) is 0 Å². The minimum absolute atomic E-state index is 0.00898. The van der Waals surface area contributed by atoms with Gasteiger partial charge in [-0.3, -0.25) is 9.59 Å². The molecule has 1 aromatic carbocycles. The van der Waals surface area contributed by atoms with Gasteiger partial charge in [-0.1, -0.05) is 6.07 Å². The molecule has 0 saturated heterocycles. The Morgan fingerprint density at radius 3 is 2.36 bits per heavy atom. The molecule has 0 atom stereocenters. The molecule has 0 radical (unpaired) electrons. The highest BCUT2D eigenvalue weighted by atomic mass is 16.1. The standard InChI is InChI=1S/C11H13NO2/c1-7-4-5-10(12-9(3)14)6-11(7)8(2)13/h4-6H,1-3H3,(H,12,14). The van der Waals surface area contributed by atoms with Gasteiger partial charge < -0.3 is 5.32 Å². The average Bonchev–Trinajstić information content (AvgIpc) is 2.07. The molecule has 14 heavy (non-hydrogen) atoms. The van der Waals surface area contributed by atoms with Crippen molar-refractivity contribution in [3.8, 4) is 0 Å². The molecule has 0 aromatic heterocycles. The summed E-state index contributed by atoms with van der Waals surface area (Å²) >= 11 is 0. The molecule has 0 aliphatic heterocycles. The topological polar surface area (TPSA) is 46.2 Å². The number of carbonyl (C=O) groups is 2. The molecule has 1 aromatic rings. The lowest BCUT2D eigenvalue weighted by atomic mass is 10.0. The Morgan fingerprint density at radius 1 is 1.21 bits per heavy atom. The van der Waals surface area contributed by atoms with Crippen molar-refractivity contribution < 1.29 is 9.59 Å². The molecule has 1 amide bonds. The summed E-state index contributed by atoms with van der Waals surface area (Å²) in [6, 6.07) is 5.30. The van der Waals surface area contributed by atoms with Gasteiger partial charge in [0, 0.05) is 18.2 Å². The number of hydrogen-bond acceptors (Lipinski definition) is 2. The fourth-order valence-corrected chi connectivity index (χ4v) is 1.28. The summed E-state index contributed by atoms with van der Waals surface area (Å²) in [6.07, 6.45) is 0. The molecular formula is C11H13NO2. The van der Waals surface area contributed by atoms with E-state index in [9.17, 15) is 9.59 Å². The first-order valence-electron chi connectivity index (χ1n) is 4.40. The summed E-state index contributed by atoms with van der Waals surface area (Å²) in [7, 11) is 0. The van der Waals surface area contributed by atoms with Crippen LogP contribution in [0.5, 0.6) is 0 Å². The maximum absolute atomic E-state index is 11.2. The van der Waals surface area contributed by atoms with Gasteiger partial charge in [-0.15, -0.1) is 0 Å². The predicted molar refractivity (Wildman–Crippen MR) is 55.5 cm³/mol. The predicted octanol–water partition coefficient (Wildman–Crippen LogP) is 2.16. The second kappa shape index (κ2) is 4.05. The number of ketones is 1. The van der Waals surface area contributed by atoms with Crippen molar-refractivity contribution in [2.45, 2.75) is 20.8 Å². The summed E-state index contributed by atoms with van der Waals surface area (Å²) in [5, 5.41) is 2.64. The van der Waals surface area contributed by atoms with Crippen LogP contribution in [0.4, 0.5) is 5.69 Å². The Bertz CT molecular complexity index is 383. The fraction of sp³-hybridized carbons (Fsp3) is 0.273. The smallest absolute Gasteiger partial charge is 0.221 e. The number of carbonyl (C=O) groups excluding carboxylic acids is 2. The zero-order valence-corrected chi connectivity index (χ0v) is 8.55. The number of amides is 1. The zero-order chi connectivity index (χ0) is 10.7. The third-order valence-electron chi connectivity index (χ3n) is 1.94. The first-order chi connectivity index (χ1) is 6.50. The SMILES string of the molecule is CC(=O)Nc1ccc(C)c(C(C)=O)c1. The van der Waals surface area contributed by atoms with Gasteiger partial charge in [-0.05, 0) is 31.5 Å². The van der Waals surface area contributed by atoms with Crippen LogP contribution in [0.1, 0.15) is 29.8 Å². The number of rotatable bonds is 2. The summed E-state index contributed by atoms with van der Waals surface area (Å²) in [4.78, 5) is 22.0. The van der Waals surface area contributed by atoms with E-state index in [4.69, 9.17) is 0 Å². The molecule has 0 heterocycles. The van der Waals surface area contributed by atoms with Crippen LogP contribution in [-0.2, 0) is 4.79 Å².